The second-order valence-electron chi connectivity index (χ2n) is 6.68. The number of piperidine rings is 1. The van der Waals surface area contributed by atoms with Crippen molar-refractivity contribution in [2.24, 2.45) is 0 Å². The van der Waals surface area contributed by atoms with Crippen molar-refractivity contribution < 1.29 is 8.78 Å². The first-order chi connectivity index (χ1) is 11.1. The van der Waals surface area contributed by atoms with E-state index in [4.69, 9.17) is 0 Å². The summed E-state index contributed by atoms with van der Waals surface area (Å²) in [6, 6.07) is 4.40. The zero-order chi connectivity index (χ0) is 16.4. The van der Waals surface area contributed by atoms with Gasteiger partial charge in [0.15, 0.2) is 11.6 Å². The number of rotatable bonds is 4. The Hall–Kier alpha value is -1.75. The first-order valence-electron chi connectivity index (χ1n) is 8.24. The first kappa shape index (κ1) is 16.1. The van der Waals surface area contributed by atoms with E-state index >= 15 is 0 Å². The number of aromatic nitrogens is 2. The molecule has 1 aliphatic rings. The maximum Gasteiger partial charge on any atom is 0.163 e. The van der Waals surface area contributed by atoms with Gasteiger partial charge in [0, 0.05) is 30.3 Å². The Bertz CT molecular complexity index is 666. The lowest BCUT2D eigenvalue weighted by Crippen LogP contribution is -2.34. The van der Waals surface area contributed by atoms with Crippen LogP contribution in [0.5, 0.6) is 0 Å². The van der Waals surface area contributed by atoms with Crippen LogP contribution in [0.3, 0.4) is 0 Å². The molecule has 23 heavy (non-hydrogen) atoms. The molecule has 1 N–H and O–H groups in total. The lowest BCUT2D eigenvalue weighted by atomic mass is 9.89. The Morgan fingerprint density at radius 2 is 2.17 bits per heavy atom. The highest BCUT2D eigenvalue weighted by Crippen LogP contribution is 2.31. The molecule has 1 aliphatic heterocycles. The molecule has 1 fully saturated rings. The van der Waals surface area contributed by atoms with E-state index in [0.29, 0.717) is 23.9 Å². The summed E-state index contributed by atoms with van der Waals surface area (Å²) < 4.78 is 27.2. The van der Waals surface area contributed by atoms with E-state index in [2.05, 4.69) is 28.9 Å². The molecule has 1 aromatic heterocycles. The Morgan fingerprint density at radius 1 is 1.35 bits per heavy atom. The van der Waals surface area contributed by atoms with Gasteiger partial charge in [-0.2, -0.15) is 5.10 Å². The van der Waals surface area contributed by atoms with Crippen molar-refractivity contribution in [2.75, 3.05) is 13.1 Å². The van der Waals surface area contributed by atoms with Crippen LogP contribution in [0.15, 0.2) is 24.4 Å². The maximum absolute atomic E-state index is 13.9. The molecule has 5 heteroatoms. The fraction of sp³-hybridized carbons (Fsp3) is 0.500. The summed E-state index contributed by atoms with van der Waals surface area (Å²) in [4.78, 5) is 2.21. The summed E-state index contributed by atoms with van der Waals surface area (Å²) >= 11 is 0. The summed E-state index contributed by atoms with van der Waals surface area (Å²) in [5, 5.41) is 7.35. The summed E-state index contributed by atoms with van der Waals surface area (Å²) in [5.74, 6) is -0.689. The van der Waals surface area contributed by atoms with E-state index < -0.39 is 11.6 Å². The van der Waals surface area contributed by atoms with Gasteiger partial charge in [-0.05, 0) is 36.9 Å². The van der Waals surface area contributed by atoms with Crippen LogP contribution in [0.25, 0.3) is 0 Å². The van der Waals surface area contributed by atoms with Crippen LogP contribution in [0, 0.1) is 11.6 Å². The highest BCUT2D eigenvalue weighted by atomic mass is 19.2. The fourth-order valence-corrected chi connectivity index (χ4v) is 3.44. The predicted octanol–water partition coefficient (Wildman–Crippen LogP) is 4.19. The number of H-pyrrole nitrogens is 1. The Kier molecular flexibility index (Phi) is 4.76. The minimum Gasteiger partial charge on any atom is -0.298 e. The van der Waals surface area contributed by atoms with E-state index in [0.717, 1.165) is 32.0 Å². The van der Waals surface area contributed by atoms with Gasteiger partial charge in [-0.15, -0.1) is 0 Å². The van der Waals surface area contributed by atoms with Gasteiger partial charge in [-0.1, -0.05) is 26.0 Å². The van der Waals surface area contributed by atoms with Crippen molar-refractivity contribution in [3.8, 4) is 0 Å². The molecule has 2 aromatic rings. The van der Waals surface area contributed by atoms with Gasteiger partial charge in [0.05, 0.1) is 6.20 Å². The zero-order valence-corrected chi connectivity index (χ0v) is 13.6. The molecule has 1 unspecified atom stereocenters. The molecule has 2 heterocycles. The maximum atomic E-state index is 13.9. The third kappa shape index (κ3) is 3.44. The van der Waals surface area contributed by atoms with Gasteiger partial charge in [-0.3, -0.25) is 10.00 Å². The third-order valence-electron chi connectivity index (χ3n) is 4.66. The van der Waals surface area contributed by atoms with Crippen molar-refractivity contribution >= 4 is 0 Å². The number of aromatic amines is 1. The predicted molar refractivity (Wildman–Crippen MR) is 86.3 cm³/mol. The Balaban J connectivity index is 1.73. The highest BCUT2D eigenvalue weighted by Gasteiger charge is 2.26. The van der Waals surface area contributed by atoms with Crippen LogP contribution in [-0.4, -0.2) is 28.2 Å². The molecule has 3 rings (SSSR count). The van der Waals surface area contributed by atoms with Gasteiger partial charge < -0.3 is 0 Å². The van der Waals surface area contributed by atoms with Crippen LogP contribution in [0.2, 0.25) is 0 Å². The standard InChI is InChI=1S/C18H23F2N3/c1-12(2)15-9-21-22-18(15)14-6-4-8-23(11-14)10-13-5-3-7-16(19)17(13)20/h3,5,7,9,12,14H,4,6,8,10-11H2,1-2H3,(H,21,22). The van der Waals surface area contributed by atoms with Crippen molar-refractivity contribution in [2.45, 2.75) is 45.1 Å². The topological polar surface area (TPSA) is 31.9 Å². The lowest BCUT2D eigenvalue weighted by Gasteiger charge is -2.33. The van der Waals surface area contributed by atoms with Gasteiger partial charge in [0.2, 0.25) is 0 Å². The molecule has 0 radical (unpaired) electrons. The molecule has 0 saturated carbocycles. The number of nitrogens with zero attached hydrogens (tertiary/aromatic N) is 2. The van der Waals surface area contributed by atoms with E-state index in [9.17, 15) is 8.78 Å². The molecule has 124 valence electrons. The van der Waals surface area contributed by atoms with E-state index in [-0.39, 0.29) is 0 Å². The normalized spacial score (nSPS) is 19.4. The van der Waals surface area contributed by atoms with Crippen molar-refractivity contribution in [1.82, 2.24) is 15.1 Å². The number of benzene rings is 1. The van der Waals surface area contributed by atoms with E-state index in [1.165, 1.54) is 11.3 Å². The zero-order valence-electron chi connectivity index (χ0n) is 13.6. The minimum absolute atomic E-state index is 0.375. The third-order valence-corrected chi connectivity index (χ3v) is 4.66. The summed E-state index contributed by atoms with van der Waals surface area (Å²) in [7, 11) is 0. The second kappa shape index (κ2) is 6.79. The number of nitrogens with one attached hydrogen (secondary N) is 1. The van der Waals surface area contributed by atoms with Crippen LogP contribution in [0.4, 0.5) is 8.78 Å². The molecule has 0 aliphatic carbocycles. The fourth-order valence-electron chi connectivity index (χ4n) is 3.44. The van der Waals surface area contributed by atoms with Gasteiger partial charge in [-0.25, -0.2) is 8.78 Å². The average Bonchev–Trinajstić information content (AvgIpc) is 3.02. The van der Waals surface area contributed by atoms with Crippen molar-refractivity contribution in [3.63, 3.8) is 0 Å². The summed E-state index contributed by atoms with van der Waals surface area (Å²) in [6.07, 6.45) is 4.06. The second-order valence-corrected chi connectivity index (χ2v) is 6.68. The number of halogens is 2. The van der Waals surface area contributed by atoms with Gasteiger partial charge >= 0.3 is 0 Å². The number of hydrogen-bond donors (Lipinski definition) is 1. The number of likely N-dealkylation sites (tertiary alicyclic amines) is 1. The molecular formula is C18H23F2N3. The monoisotopic (exact) mass is 319 g/mol. The van der Waals surface area contributed by atoms with Gasteiger partial charge in [0.1, 0.15) is 0 Å². The Morgan fingerprint density at radius 3 is 2.96 bits per heavy atom. The molecule has 3 nitrogen and oxygen atoms in total. The SMILES string of the molecule is CC(C)c1cn[nH]c1C1CCCN(Cc2cccc(F)c2F)C1. The number of hydrogen-bond acceptors (Lipinski definition) is 2. The van der Waals surface area contributed by atoms with E-state index in [1.54, 1.807) is 12.1 Å². The largest absolute Gasteiger partial charge is 0.298 e. The molecule has 1 atom stereocenters. The summed E-state index contributed by atoms with van der Waals surface area (Å²) in [5.41, 5.74) is 2.89. The molecule has 1 saturated heterocycles. The molecule has 1 aromatic carbocycles. The minimum atomic E-state index is -0.772. The van der Waals surface area contributed by atoms with Crippen LogP contribution >= 0.6 is 0 Å². The Labute approximate surface area is 135 Å². The summed E-state index contributed by atoms with van der Waals surface area (Å²) in [6.45, 7) is 6.54. The molecule has 0 bridgehead atoms. The lowest BCUT2D eigenvalue weighted by molar-refractivity contribution is 0.195. The first-order valence-corrected chi connectivity index (χ1v) is 8.24. The smallest absolute Gasteiger partial charge is 0.163 e. The van der Waals surface area contributed by atoms with Crippen LogP contribution in [0.1, 0.15) is 55.3 Å². The van der Waals surface area contributed by atoms with Crippen LogP contribution < -0.4 is 0 Å². The van der Waals surface area contributed by atoms with Crippen LogP contribution in [-0.2, 0) is 6.54 Å². The highest BCUT2D eigenvalue weighted by molar-refractivity contribution is 5.25. The van der Waals surface area contributed by atoms with Crippen molar-refractivity contribution in [3.05, 3.63) is 52.9 Å². The molecule has 0 amide bonds. The van der Waals surface area contributed by atoms with Crippen molar-refractivity contribution in [1.29, 1.82) is 0 Å². The van der Waals surface area contributed by atoms with E-state index in [1.807, 2.05) is 6.20 Å². The molecular weight excluding hydrogens is 296 g/mol. The van der Waals surface area contributed by atoms with Gasteiger partial charge in [0.25, 0.3) is 0 Å². The average molecular weight is 319 g/mol. The quantitative estimate of drug-likeness (QED) is 0.916. The molecule has 0 spiro atoms.